The molecular weight excluding hydrogens is 522 g/mol. The molecule has 228 valence electrons. The summed E-state index contributed by atoms with van der Waals surface area (Å²) in [6.07, 6.45) is -4.47. The van der Waals surface area contributed by atoms with E-state index in [0.29, 0.717) is 6.42 Å². The van der Waals surface area contributed by atoms with Crippen molar-refractivity contribution in [2.45, 2.75) is 125 Å². The van der Waals surface area contributed by atoms with Gasteiger partial charge in [0.2, 0.25) is 0 Å². The third kappa shape index (κ3) is 10.2. The van der Waals surface area contributed by atoms with Gasteiger partial charge in [-0.25, -0.2) is 9.59 Å². The van der Waals surface area contributed by atoms with Gasteiger partial charge in [0.15, 0.2) is 24.1 Å². The molecule has 0 bridgehead atoms. The lowest BCUT2D eigenvalue weighted by molar-refractivity contribution is -0.182. The van der Waals surface area contributed by atoms with Gasteiger partial charge in [-0.1, -0.05) is 41.5 Å². The molecule has 0 radical (unpaired) electrons. The molecule has 1 aliphatic heterocycles. The molecule has 1 saturated heterocycles. The molecule has 1 heterocycles. The first kappa shape index (κ1) is 35.0. The number of ether oxygens (including phenoxy) is 4. The largest absolute Gasteiger partial charge is 0.459 e. The quantitative estimate of drug-likeness (QED) is 0.287. The Kier molecular flexibility index (Phi) is 13.3. The van der Waals surface area contributed by atoms with Crippen LogP contribution < -0.4 is 5.32 Å². The Labute approximate surface area is 237 Å². The maximum Gasteiger partial charge on any atom is 0.347 e. The maximum atomic E-state index is 13.7. The van der Waals surface area contributed by atoms with Crippen molar-refractivity contribution < 1.29 is 47.7 Å². The van der Waals surface area contributed by atoms with Gasteiger partial charge in [0.05, 0.1) is 12.5 Å². The number of hydrogen-bond acceptors (Lipinski definition) is 10. The molecule has 1 amide bonds. The number of nitrogens with one attached hydrogen (secondary N) is 1. The first-order valence-electron chi connectivity index (χ1n) is 14.1. The van der Waals surface area contributed by atoms with E-state index in [9.17, 15) is 28.8 Å². The van der Waals surface area contributed by atoms with Crippen LogP contribution in [0.3, 0.4) is 0 Å². The number of cyclic esters (lactones) is 4. The molecule has 0 spiro atoms. The highest BCUT2D eigenvalue weighted by atomic mass is 16.6. The molecule has 0 aromatic carbocycles. The second kappa shape index (κ2) is 15.1. The Morgan fingerprint density at radius 3 is 1.93 bits per heavy atom. The van der Waals surface area contributed by atoms with Gasteiger partial charge in [-0.3, -0.25) is 19.2 Å². The Bertz CT molecular complexity index is 941. The molecule has 0 aromatic heterocycles. The summed E-state index contributed by atoms with van der Waals surface area (Å²) < 4.78 is 21.5. The van der Waals surface area contributed by atoms with Crippen LogP contribution in [0.5, 0.6) is 0 Å². The van der Waals surface area contributed by atoms with Crippen LogP contribution in [0.1, 0.15) is 94.9 Å². The third-order valence-corrected chi connectivity index (χ3v) is 6.74. The molecule has 0 aromatic rings. The molecule has 6 atom stereocenters. The van der Waals surface area contributed by atoms with Crippen LogP contribution in [0.25, 0.3) is 0 Å². The third-order valence-electron chi connectivity index (χ3n) is 6.74. The highest BCUT2D eigenvalue weighted by Crippen LogP contribution is 2.26. The highest BCUT2D eigenvalue weighted by molar-refractivity contribution is 6.07. The van der Waals surface area contributed by atoms with Gasteiger partial charge in [0, 0.05) is 5.92 Å². The van der Waals surface area contributed by atoms with E-state index in [1.54, 1.807) is 6.92 Å². The van der Waals surface area contributed by atoms with E-state index in [4.69, 9.17) is 18.9 Å². The van der Waals surface area contributed by atoms with Crippen molar-refractivity contribution in [1.82, 2.24) is 5.32 Å². The molecule has 1 fully saturated rings. The normalized spacial score (nSPS) is 28.6. The van der Waals surface area contributed by atoms with E-state index in [1.165, 1.54) is 27.7 Å². The first-order valence-corrected chi connectivity index (χ1v) is 14.1. The van der Waals surface area contributed by atoms with Crippen LogP contribution in [-0.4, -0.2) is 66.0 Å². The maximum absolute atomic E-state index is 13.7. The van der Waals surface area contributed by atoms with Gasteiger partial charge in [0.25, 0.3) is 5.91 Å². The van der Waals surface area contributed by atoms with Gasteiger partial charge in [-0.2, -0.15) is 0 Å². The average molecular weight is 570 g/mol. The van der Waals surface area contributed by atoms with Crippen LogP contribution >= 0.6 is 0 Å². The number of ketones is 1. The van der Waals surface area contributed by atoms with E-state index in [1.807, 2.05) is 34.6 Å². The summed E-state index contributed by atoms with van der Waals surface area (Å²) >= 11 is 0. The van der Waals surface area contributed by atoms with Crippen LogP contribution in [0.15, 0.2) is 0 Å². The zero-order chi connectivity index (χ0) is 30.9. The smallest absolute Gasteiger partial charge is 0.347 e. The van der Waals surface area contributed by atoms with Crippen LogP contribution in [0, 0.1) is 23.2 Å². The van der Waals surface area contributed by atoms with E-state index in [2.05, 4.69) is 5.32 Å². The Morgan fingerprint density at radius 2 is 1.40 bits per heavy atom. The topological polar surface area (TPSA) is 151 Å². The minimum Gasteiger partial charge on any atom is -0.459 e. The van der Waals surface area contributed by atoms with Gasteiger partial charge in [0.1, 0.15) is 11.5 Å². The number of amides is 1. The molecule has 1 aliphatic rings. The van der Waals surface area contributed by atoms with Crippen molar-refractivity contribution >= 4 is 35.6 Å². The Balaban J connectivity index is 3.55. The lowest BCUT2D eigenvalue weighted by Crippen LogP contribution is -2.54. The predicted octanol–water partition coefficient (Wildman–Crippen LogP) is 3.30. The van der Waals surface area contributed by atoms with Crippen molar-refractivity contribution in [3.05, 3.63) is 0 Å². The lowest BCUT2D eigenvalue weighted by Gasteiger charge is -2.31. The molecule has 11 nitrogen and oxygen atoms in total. The minimum atomic E-state index is -1.74. The second-order valence-corrected chi connectivity index (χ2v) is 12.0. The molecule has 40 heavy (non-hydrogen) atoms. The Morgan fingerprint density at radius 1 is 0.825 bits per heavy atom. The summed E-state index contributed by atoms with van der Waals surface area (Å²) in [6, 6.07) is -1.11. The van der Waals surface area contributed by atoms with Crippen molar-refractivity contribution in [2.75, 3.05) is 0 Å². The van der Waals surface area contributed by atoms with Crippen LogP contribution in [0.4, 0.5) is 0 Å². The fourth-order valence-electron chi connectivity index (χ4n) is 4.10. The SMILES string of the molecule is CCC(C)C1OC(=O)[C@H](C)OC(=O)C[C@@H](C)OC(=O)[C@H](CC(C)C)OC(=O)C(C)(C)C(=O)[C@H](CC(C)C)NC1=O. The number of esters is 4. The molecule has 2 unspecified atom stereocenters. The van der Waals surface area contributed by atoms with Gasteiger partial charge in [-0.15, -0.1) is 0 Å². The number of rotatable bonds is 6. The zero-order valence-electron chi connectivity index (χ0n) is 25.5. The molecule has 1 N–H and O–H groups in total. The van der Waals surface area contributed by atoms with Crippen molar-refractivity contribution in [2.24, 2.45) is 23.2 Å². The van der Waals surface area contributed by atoms with E-state index < -0.39 is 77.4 Å². The molecule has 0 saturated carbocycles. The van der Waals surface area contributed by atoms with Crippen LogP contribution in [-0.2, 0) is 47.7 Å². The summed E-state index contributed by atoms with van der Waals surface area (Å²) in [7, 11) is 0. The number of carbonyl (C=O) groups excluding carboxylic acids is 6. The van der Waals surface area contributed by atoms with E-state index in [-0.39, 0.29) is 31.1 Å². The zero-order valence-corrected chi connectivity index (χ0v) is 25.5. The van der Waals surface area contributed by atoms with Crippen molar-refractivity contribution in [3.63, 3.8) is 0 Å². The lowest BCUT2D eigenvalue weighted by atomic mass is 9.81. The first-order chi connectivity index (χ1) is 18.4. The summed E-state index contributed by atoms with van der Waals surface area (Å²) in [5.41, 5.74) is -1.74. The van der Waals surface area contributed by atoms with Crippen LogP contribution in [0.2, 0.25) is 0 Å². The fraction of sp³-hybridized carbons (Fsp3) is 0.793. The van der Waals surface area contributed by atoms with Gasteiger partial charge >= 0.3 is 23.9 Å². The highest BCUT2D eigenvalue weighted by Gasteiger charge is 2.45. The summed E-state index contributed by atoms with van der Waals surface area (Å²) in [4.78, 5) is 78.6. The van der Waals surface area contributed by atoms with Gasteiger partial charge < -0.3 is 24.3 Å². The minimum absolute atomic E-state index is 0.0480. The van der Waals surface area contributed by atoms with E-state index >= 15 is 0 Å². The molecule has 0 aliphatic carbocycles. The number of carbonyl (C=O) groups is 6. The fourth-order valence-corrected chi connectivity index (χ4v) is 4.10. The standard InChI is InChI=1S/C29H47NO10/c1-11-17(6)23-25(33)30-20(12-15(2)3)24(32)29(9,10)28(36)39-21(13-16(4)5)27(35)37-18(7)14-22(31)38-19(8)26(34)40-23/h15-21,23H,11-14H2,1-10H3,(H,30,33)/t17?,18-,19+,20+,21+,23?/m1/s1. The van der Waals surface area contributed by atoms with Crippen molar-refractivity contribution in [3.8, 4) is 0 Å². The summed E-state index contributed by atoms with van der Waals surface area (Å²) in [5.74, 6) is -5.45. The van der Waals surface area contributed by atoms with Crippen molar-refractivity contribution in [1.29, 1.82) is 0 Å². The number of Topliss-reactive ketones (excluding diaryl/α,β-unsaturated/α-hetero) is 1. The molecule has 11 heteroatoms. The van der Waals surface area contributed by atoms with E-state index in [0.717, 1.165) is 0 Å². The predicted molar refractivity (Wildman–Crippen MR) is 145 cm³/mol. The monoisotopic (exact) mass is 569 g/mol. The average Bonchev–Trinajstić information content (AvgIpc) is 2.83. The second-order valence-electron chi connectivity index (χ2n) is 12.0. The number of hydrogen-bond donors (Lipinski definition) is 1. The van der Waals surface area contributed by atoms with Gasteiger partial charge in [-0.05, 0) is 58.8 Å². The molecular formula is C29H47NO10. The summed E-state index contributed by atoms with van der Waals surface area (Å²) in [5, 5.41) is 2.67. The summed E-state index contributed by atoms with van der Waals surface area (Å²) in [6.45, 7) is 16.4. The molecule has 1 rings (SSSR count). The Hall–Kier alpha value is -2.98.